The number of carbonyl (C=O) groups excluding carboxylic acids is 1. The first-order valence-corrected chi connectivity index (χ1v) is 7.81. The number of rotatable bonds is 2. The van der Waals surface area contributed by atoms with E-state index in [1.165, 1.54) is 0 Å². The second-order valence-electron chi connectivity index (χ2n) is 5.07. The summed E-state index contributed by atoms with van der Waals surface area (Å²) in [6.07, 6.45) is 0.671. The Hall–Kier alpha value is -2.20. The molecule has 106 valence electrons. The van der Waals surface area contributed by atoms with Gasteiger partial charge in [-0.15, -0.1) is 0 Å². The zero-order valence-corrected chi connectivity index (χ0v) is 12.5. The van der Waals surface area contributed by atoms with Gasteiger partial charge in [0.25, 0.3) is 5.91 Å². The average Bonchev–Trinajstić information content (AvgIpc) is 2.48. The number of anilines is 1. The van der Waals surface area contributed by atoms with E-state index in [-0.39, 0.29) is 5.91 Å². The molecule has 1 atom stereocenters. The standard InChI is InChI=1S/C17H15NO2S/c1-11(2)17(19)18-14-7-5-9-16-13(14)10-12-6-3-4-8-15(12)21(16)20/h3-9H,1,10H2,2H3,(H,18,19). The quantitative estimate of drug-likeness (QED) is 0.738. The third kappa shape index (κ3) is 2.43. The van der Waals surface area contributed by atoms with Crippen LogP contribution in [-0.2, 0) is 22.0 Å². The van der Waals surface area contributed by atoms with E-state index in [0.29, 0.717) is 17.7 Å². The lowest BCUT2D eigenvalue weighted by Gasteiger charge is -2.21. The van der Waals surface area contributed by atoms with E-state index < -0.39 is 10.8 Å². The van der Waals surface area contributed by atoms with Gasteiger partial charge in [0, 0.05) is 27.5 Å². The predicted molar refractivity (Wildman–Crippen MR) is 83.8 cm³/mol. The van der Waals surface area contributed by atoms with Crippen molar-refractivity contribution in [2.24, 2.45) is 0 Å². The summed E-state index contributed by atoms with van der Waals surface area (Å²) in [6, 6.07) is 13.2. The lowest BCUT2D eigenvalue weighted by molar-refractivity contribution is -0.112. The van der Waals surface area contributed by atoms with Crippen molar-refractivity contribution in [3.05, 3.63) is 65.7 Å². The zero-order valence-electron chi connectivity index (χ0n) is 11.7. The molecule has 0 radical (unpaired) electrons. The summed E-state index contributed by atoms with van der Waals surface area (Å²) in [5.41, 5.74) is 3.12. The lowest BCUT2D eigenvalue weighted by atomic mass is 10.0. The van der Waals surface area contributed by atoms with Crippen molar-refractivity contribution in [3.63, 3.8) is 0 Å². The van der Waals surface area contributed by atoms with Crippen LogP contribution in [0.5, 0.6) is 0 Å². The summed E-state index contributed by atoms with van der Waals surface area (Å²) >= 11 is 0. The third-order valence-corrected chi connectivity index (χ3v) is 5.09. The second-order valence-corrected chi connectivity index (χ2v) is 6.49. The van der Waals surface area contributed by atoms with Crippen LogP contribution in [0, 0.1) is 0 Å². The maximum Gasteiger partial charge on any atom is 0.250 e. The molecule has 1 aliphatic heterocycles. The van der Waals surface area contributed by atoms with Gasteiger partial charge in [0.15, 0.2) is 0 Å². The Balaban J connectivity index is 2.07. The number of carbonyl (C=O) groups is 1. The second kappa shape index (κ2) is 5.30. The van der Waals surface area contributed by atoms with Crippen molar-refractivity contribution in [2.75, 3.05) is 5.32 Å². The molecule has 3 nitrogen and oxygen atoms in total. The first-order chi connectivity index (χ1) is 10.1. The summed E-state index contributed by atoms with van der Waals surface area (Å²) in [5, 5.41) is 2.85. The van der Waals surface area contributed by atoms with Crippen LogP contribution in [-0.4, -0.2) is 10.1 Å². The number of fused-ring (bicyclic) bond motifs is 2. The fraction of sp³-hybridized carbons (Fsp3) is 0.118. The monoisotopic (exact) mass is 297 g/mol. The van der Waals surface area contributed by atoms with Gasteiger partial charge >= 0.3 is 0 Å². The van der Waals surface area contributed by atoms with Gasteiger partial charge < -0.3 is 5.32 Å². The highest BCUT2D eigenvalue weighted by molar-refractivity contribution is 7.85. The van der Waals surface area contributed by atoms with Gasteiger partial charge in [0.2, 0.25) is 0 Å². The molecule has 0 bridgehead atoms. The van der Waals surface area contributed by atoms with Crippen LogP contribution in [0.2, 0.25) is 0 Å². The zero-order chi connectivity index (χ0) is 15.0. The molecular weight excluding hydrogens is 282 g/mol. The fourth-order valence-corrected chi connectivity index (χ4v) is 3.83. The summed E-state index contributed by atoms with van der Waals surface area (Å²) in [4.78, 5) is 13.5. The van der Waals surface area contributed by atoms with Gasteiger partial charge in [-0.2, -0.15) is 0 Å². The first kappa shape index (κ1) is 13.8. The molecule has 0 aliphatic carbocycles. The molecule has 2 aromatic rings. The predicted octanol–water partition coefficient (Wildman–Crippen LogP) is 3.27. The maximum absolute atomic E-state index is 12.7. The van der Waals surface area contributed by atoms with Gasteiger partial charge in [0.1, 0.15) is 0 Å². The minimum Gasteiger partial charge on any atom is -0.322 e. The molecule has 21 heavy (non-hydrogen) atoms. The average molecular weight is 297 g/mol. The highest BCUT2D eigenvalue weighted by atomic mass is 32.2. The molecule has 1 aliphatic rings. The van der Waals surface area contributed by atoms with E-state index in [0.717, 1.165) is 20.9 Å². The molecule has 0 fully saturated rings. The molecular formula is C17H15NO2S. The van der Waals surface area contributed by atoms with E-state index in [4.69, 9.17) is 0 Å². The van der Waals surface area contributed by atoms with Crippen molar-refractivity contribution in [2.45, 2.75) is 23.1 Å². The van der Waals surface area contributed by atoms with Crippen molar-refractivity contribution in [1.82, 2.24) is 0 Å². The van der Waals surface area contributed by atoms with Crippen molar-refractivity contribution < 1.29 is 9.00 Å². The molecule has 1 heterocycles. The number of hydrogen-bond acceptors (Lipinski definition) is 2. The first-order valence-electron chi connectivity index (χ1n) is 6.66. The number of amides is 1. The Morgan fingerprint density at radius 1 is 1.14 bits per heavy atom. The Morgan fingerprint density at radius 2 is 1.86 bits per heavy atom. The minimum absolute atomic E-state index is 0.215. The molecule has 0 saturated carbocycles. The molecule has 1 amide bonds. The van der Waals surface area contributed by atoms with Crippen LogP contribution >= 0.6 is 0 Å². The third-order valence-electron chi connectivity index (χ3n) is 3.51. The van der Waals surface area contributed by atoms with Gasteiger partial charge in [-0.3, -0.25) is 4.79 Å². The van der Waals surface area contributed by atoms with Crippen molar-refractivity contribution >= 4 is 22.4 Å². The SMILES string of the molecule is C=C(C)C(=O)Nc1cccc2c1Cc1ccccc1S2=O. The number of benzene rings is 2. The number of nitrogens with one attached hydrogen (secondary N) is 1. The van der Waals surface area contributed by atoms with Crippen LogP contribution in [0.15, 0.2) is 64.4 Å². The smallest absolute Gasteiger partial charge is 0.250 e. The molecule has 2 aromatic carbocycles. The molecule has 3 rings (SSSR count). The van der Waals surface area contributed by atoms with E-state index in [9.17, 15) is 9.00 Å². The summed E-state index contributed by atoms with van der Waals surface area (Å²) < 4.78 is 12.7. The van der Waals surface area contributed by atoms with Gasteiger partial charge in [-0.25, -0.2) is 4.21 Å². The lowest BCUT2D eigenvalue weighted by Crippen LogP contribution is -2.17. The summed E-state index contributed by atoms with van der Waals surface area (Å²) in [7, 11) is -1.20. The minimum atomic E-state index is -1.20. The Morgan fingerprint density at radius 3 is 2.62 bits per heavy atom. The van der Waals surface area contributed by atoms with E-state index in [1.54, 1.807) is 6.92 Å². The maximum atomic E-state index is 12.7. The topological polar surface area (TPSA) is 46.2 Å². The normalized spacial score (nSPS) is 15.8. The van der Waals surface area contributed by atoms with E-state index in [1.807, 2.05) is 42.5 Å². The van der Waals surface area contributed by atoms with Crippen LogP contribution < -0.4 is 5.32 Å². The highest BCUT2D eigenvalue weighted by Crippen LogP contribution is 2.35. The molecule has 4 heteroatoms. The number of hydrogen-bond donors (Lipinski definition) is 1. The van der Waals surface area contributed by atoms with Crippen LogP contribution in [0.1, 0.15) is 18.1 Å². The molecule has 0 spiro atoms. The summed E-state index contributed by atoms with van der Waals surface area (Å²) in [5.74, 6) is -0.215. The Bertz CT molecular complexity index is 780. The van der Waals surface area contributed by atoms with Crippen LogP contribution in [0.25, 0.3) is 0 Å². The van der Waals surface area contributed by atoms with Crippen molar-refractivity contribution in [1.29, 1.82) is 0 Å². The van der Waals surface area contributed by atoms with E-state index >= 15 is 0 Å². The van der Waals surface area contributed by atoms with Crippen molar-refractivity contribution in [3.8, 4) is 0 Å². The van der Waals surface area contributed by atoms with Crippen LogP contribution in [0.3, 0.4) is 0 Å². The fourth-order valence-electron chi connectivity index (χ4n) is 2.41. The highest BCUT2D eigenvalue weighted by Gasteiger charge is 2.24. The molecule has 0 saturated heterocycles. The molecule has 1 N–H and O–H groups in total. The summed E-state index contributed by atoms with van der Waals surface area (Å²) in [6.45, 7) is 5.31. The largest absolute Gasteiger partial charge is 0.322 e. The van der Waals surface area contributed by atoms with Gasteiger partial charge in [0.05, 0.1) is 10.8 Å². The Labute approximate surface area is 126 Å². The van der Waals surface area contributed by atoms with Gasteiger partial charge in [-0.05, 0) is 36.2 Å². The van der Waals surface area contributed by atoms with E-state index in [2.05, 4.69) is 11.9 Å². The molecule has 1 unspecified atom stereocenters. The Kier molecular flexibility index (Phi) is 3.47. The molecule has 0 aromatic heterocycles. The van der Waals surface area contributed by atoms with Crippen LogP contribution in [0.4, 0.5) is 5.69 Å². The van der Waals surface area contributed by atoms with Gasteiger partial charge in [-0.1, -0.05) is 30.8 Å².